The van der Waals surface area contributed by atoms with Crippen LogP contribution in [0, 0.1) is 0 Å². The lowest BCUT2D eigenvalue weighted by atomic mass is 10.3. The fourth-order valence-electron chi connectivity index (χ4n) is 0.612. The van der Waals surface area contributed by atoms with Crippen LogP contribution in [0.3, 0.4) is 0 Å². The molecule has 0 saturated carbocycles. The Morgan fingerprint density at radius 2 is 2.33 bits per heavy atom. The first-order chi connectivity index (χ1) is 4.31. The van der Waals surface area contributed by atoms with Gasteiger partial charge in [0, 0.05) is 12.2 Å². The third-order valence-corrected chi connectivity index (χ3v) is 1.04. The van der Waals surface area contributed by atoms with Gasteiger partial charge in [-0.15, -0.1) is 6.58 Å². The summed E-state index contributed by atoms with van der Waals surface area (Å²) in [7, 11) is 0. The average Bonchev–Trinajstić information content (AvgIpc) is 1.85. The topological polar surface area (TPSA) is 12.0 Å². The molecule has 0 spiro atoms. The SMILES string of the molecule is C=CCN/C(C)=C\CC. The molecule has 0 aromatic carbocycles. The van der Waals surface area contributed by atoms with Crippen LogP contribution in [0.5, 0.6) is 0 Å². The molecular formula is C8H15N. The maximum Gasteiger partial charge on any atom is 0.0325 e. The quantitative estimate of drug-likeness (QED) is 0.567. The summed E-state index contributed by atoms with van der Waals surface area (Å²) in [6.45, 7) is 8.65. The fourth-order valence-corrected chi connectivity index (χ4v) is 0.612. The van der Waals surface area contributed by atoms with Crippen LogP contribution < -0.4 is 5.32 Å². The van der Waals surface area contributed by atoms with Gasteiger partial charge in [0.25, 0.3) is 0 Å². The molecule has 0 bridgehead atoms. The van der Waals surface area contributed by atoms with Gasteiger partial charge in [-0.3, -0.25) is 0 Å². The van der Waals surface area contributed by atoms with E-state index in [9.17, 15) is 0 Å². The van der Waals surface area contributed by atoms with Gasteiger partial charge in [-0.05, 0) is 13.3 Å². The van der Waals surface area contributed by atoms with Gasteiger partial charge in [-0.2, -0.15) is 0 Å². The lowest BCUT2D eigenvalue weighted by molar-refractivity contribution is 0.893. The van der Waals surface area contributed by atoms with Gasteiger partial charge in [-0.25, -0.2) is 0 Å². The van der Waals surface area contributed by atoms with E-state index >= 15 is 0 Å². The third kappa shape index (κ3) is 5.15. The highest BCUT2D eigenvalue weighted by atomic mass is 14.9. The van der Waals surface area contributed by atoms with E-state index in [1.165, 1.54) is 5.70 Å². The Bertz CT molecular complexity index is 103. The minimum absolute atomic E-state index is 0.863. The predicted molar refractivity (Wildman–Crippen MR) is 42.2 cm³/mol. The molecule has 0 saturated heterocycles. The molecule has 0 aromatic rings. The summed E-state index contributed by atoms with van der Waals surface area (Å²) in [6, 6.07) is 0. The van der Waals surface area contributed by atoms with Gasteiger partial charge < -0.3 is 5.32 Å². The van der Waals surface area contributed by atoms with E-state index in [0.717, 1.165) is 13.0 Å². The van der Waals surface area contributed by atoms with Gasteiger partial charge in [-0.1, -0.05) is 19.1 Å². The summed E-state index contributed by atoms with van der Waals surface area (Å²) in [6.07, 6.45) is 5.10. The monoisotopic (exact) mass is 125 g/mol. The minimum Gasteiger partial charge on any atom is -0.385 e. The maximum atomic E-state index is 3.60. The van der Waals surface area contributed by atoms with E-state index in [1.807, 2.05) is 6.08 Å². The zero-order valence-electron chi connectivity index (χ0n) is 6.28. The Morgan fingerprint density at radius 1 is 1.67 bits per heavy atom. The molecule has 0 aliphatic rings. The Morgan fingerprint density at radius 3 is 2.78 bits per heavy atom. The van der Waals surface area contributed by atoms with Gasteiger partial charge in [0.2, 0.25) is 0 Å². The minimum atomic E-state index is 0.863. The molecule has 0 fully saturated rings. The second-order valence-electron chi connectivity index (χ2n) is 1.96. The van der Waals surface area contributed by atoms with Gasteiger partial charge >= 0.3 is 0 Å². The summed E-state index contributed by atoms with van der Waals surface area (Å²) < 4.78 is 0. The van der Waals surface area contributed by atoms with Crippen molar-refractivity contribution in [2.45, 2.75) is 20.3 Å². The number of rotatable bonds is 4. The molecule has 0 radical (unpaired) electrons. The third-order valence-electron chi connectivity index (χ3n) is 1.04. The van der Waals surface area contributed by atoms with Crippen LogP contribution in [-0.2, 0) is 0 Å². The second kappa shape index (κ2) is 5.42. The van der Waals surface area contributed by atoms with Crippen LogP contribution in [-0.4, -0.2) is 6.54 Å². The van der Waals surface area contributed by atoms with E-state index in [2.05, 4.69) is 31.8 Å². The number of nitrogens with one attached hydrogen (secondary N) is 1. The highest BCUT2D eigenvalue weighted by molar-refractivity contribution is 4.95. The molecular weight excluding hydrogens is 110 g/mol. The summed E-state index contributed by atoms with van der Waals surface area (Å²) in [5, 5.41) is 3.18. The van der Waals surface area contributed by atoms with Crippen LogP contribution in [0.1, 0.15) is 20.3 Å². The van der Waals surface area contributed by atoms with Gasteiger partial charge in [0.15, 0.2) is 0 Å². The van der Waals surface area contributed by atoms with Crippen molar-refractivity contribution in [3.05, 3.63) is 24.4 Å². The predicted octanol–water partition coefficient (Wildman–Crippen LogP) is 2.08. The summed E-state index contributed by atoms with van der Waals surface area (Å²) in [5.74, 6) is 0. The number of hydrogen-bond donors (Lipinski definition) is 1. The van der Waals surface area contributed by atoms with Crippen LogP contribution in [0.15, 0.2) is 24.4 Å². The van der Waals surface area contributed by atoms with Crippen LogP contribution in [0.2, 0.25) is 0 Å². The van der Waals surface area contributed by atoms with E-state index in [-0.39, 0.29) is 0 Å². The van der Waals surface area contributed by atoms with Crippen molar-refractivity contribution in [3.8, 4) is 0 Å². The summed E-state index contributed by atoms with van der Waals surface area (Å²) in [4.78, 5) is 0. The first kappa shape index (κ1) is 8.28. The van der Waals surface area contributed by atoms with Crippen molar-refractivity contribution >= 4 is 0 Å². The van der Waals surface area contributed by atoms with Crippen molar-refractivity contribution in [1.82, 2.24) is 5.32 Å². The fraction of sp³-hybridized carbons (Fsp3) is 0.500. The lowest BCUT2D eigenvalue weighted by Gasteiger charge is -2.00. The number of hydrogen-bond acceptors (Lipinski definition) is 1. The van der Waals surface area contributed by atoms with E-state index in [4.69, 9.17) is 0 Å². The van der Waals surface area contributed by atoms with Crippen molar-refractivity contribution in [2.75, 3.05) is 6.54 Å². The zero-order valence-corrected chi connectivity index (χ0v) is 6.28. The Kier molecular flexibility index (Phi) is 4.98. The molecule has 9 heavy (non-hydrogen) atoms. The largest absolute Gasteiger partial charge is 0.385 e. The van der Waals surface area contributed by atoms with E-state index in [1.54, 1.807) is 0 Å². The highest BCUT2D eigenvalue weighted by Crippen LogP contribution is 1.87. The Hall–Kier alpha value is -0.720. The van der Waals surface area contributed by atoms with Crippen LogP contribution in [0.25, 0.3) is 0 Å². The smallest absolute Gasteiger partial charge is 0.0325 e. The van der Waals surface area contributed by atoms with E-state index in [0.29, 0.717) is 0 Å². The molecule has 1 N–H and O–H groups in total. The van der Waals surface area contributed by atoms with Crippen molar-refractivity contribution < 1.29 is 0 Å². The first-order valence-electron chi connectivity index (χ1n) is 3.32. The standard InChI is InChI=1S/C8H15N/c1-4-6-8(3)9-7-5-2/h5-6,9H,2,4,7H2,1,3H3/b8-6-. The van der Waals surface area contributed by atoms with Crippen LogP contribution in [0.4, 0.5) is 0 Å². The molecule has 0 aliphatic carbocycles. The van der Waals surface area contributed by atoms with Gasteiger partial charge in [0.1, 0.15) is 0 Å². The van der Waals surface area contributed by atoms with E-state index < -0.39 is 0 Å². The molecule has 52 valence electrons. The molecule has 0 aliphatic heterocycles. The van der Waals surface area contributed by atoms with Crippen molar-refractivity contribution in [3.63, 3.8) is 0 Å². The molecule has 1 nitrogen and oxygen atoms in total. The van der Waals surface area contributed by atoms with Crippen LogP contribution >= 0.6 is 0 Å². The molecule has 0 amide bonds. The molecule has 0 atom stereocenters. The van der Waals surface area contributed by atoms with Gasteiger partial charge in [0.05, 0.1) is 0 Å². The second-order valence-corrected chi connectivity index (χ2v) is 1.96. The number of allylic oxidation sites excluding steroid dienone is 2. The van der Waals surface area contributed by atoms with Crippen molar-refractivity contribution in [1.29, 1.82) is 0 Å². The maximum absolute atomic E-state index is 3.60. The highest BCUT2D eigenvalue weighted by Gasteiger charge is 1.80. The molecule has 0 rings (SSSR count). The first-order valence-corrected chi connectivity index (χ1v) is 3.32. The summed E-state index contributed by atoms with van der Waals surface area (Å²) in [5.41, 5.74) is 1.23. The zero-order chi connectivity index (χ0) is 7.11. The molecule has 0 heterocycles. The Balaban J connectivity index is 3.36. The lowest BCUT2D eigenvalue weighted by Crippen LogP contribution is -2.09. The Labute approximate surface area is 57.5 Å². The average molecular weight is 125 g/mol. The van der Waals surface area contributed by atoms with Crippen molar-refractivity contribution in [2.24, 2.45) is 0 Å². The summed E-state index contributed by atoms with van der Waals surface area (Å²) >= 11 is 0. The molecule has 0 aromatic heterocycles. The normalized spacial score (nSPS) is 11.1. The molecule has 0 unspecified atom stereocenters. The molecule has 1 heteroatoms.